The van der Waals surface area contributed by atoms with Gasteiger partial charge in [0, 0.05) is 17.8 Å². The number of halogens is 1. The standard InChI is InChI=1S/C19H20BrN5O2/c1-10(2)9-25-17-15(8-22-25)13(6-16(20)24-17)18(26)21-7-14-11(3)5-12(4)23-19(14)27/h5-6,8H,1,7,9H2,2-4H3,(H,21,26)(H,23,27). The number of H-pyrrole nitrogens is 1. The van der Waals surface area contributed by atoms with Crippen molar-refractivity contribution in [1.82, 2.24) is 25.1 Å². The summed E-state index contributed by atoms with van der Waals surface area (Å²) in [5, 5.41) is 7.78. The summed E-state index contributed by atoms with van der Waals surface area (Å²) in [4.78, 5) is 32.1. The second-order valence-corrected chi connectivity index (χ2v) is 7.43. The minimum absolute atomic E-state index is 0.140. The van der Waals surface area contributed by atoms with Gasteiger partial charge in [0.2, 0.25) is 0 Å². The van der Waals surface area contributed by atoms with Crippen LogP contribution in [0.4, 0.5) is 0 Å². The maximum Gasteiger partial charge on any atom is 0.253 e. The van der Waals surface area contributed by atoms with Crippen molar-refractivity contribution in [3.8, 4) is 0 Å². The molecule has 0 saturated carbocycles. The molecule has 27 heavy (non-hydrogen) atoms. The van der Waals surface area contributed by atoms with Crippen molar-refractivity contribution in [2.45, 2.75) is 33.9 Å². The zero-order chi connectivity index (χ0) is 19.7. The Kier molecular flexibility index (Phi) is 5.27. The van der Waals surface area contributed by atoms with Crippen LogP contribution in [0.15, 0.2) is 39.9 Å². The number of fused-ring (bicyclic) bond motifs is 1. The summed E-state index contributed by atoms with van der Waals surface area (Å²) in [6, 6.07) is 3.53. The lowest BCUT2D eigenvalue weighted by Crippen LogP contribution is -2.28. The van der Waals surface area contributed by atoms with Gasteiger partial charge in [0.25, 0.3) is 11.5 Å². The van der Waals surface area contributed by atoms with Gasteiger partial charge in [-0.15, -0.1) is 0 Å². The predicted octanol–water partition coefficient (Wildman–Crippen LogP) is 3.01. The average Bonchev–Trinajstić information content (AvgIpc) is 2.95. The zero-order valence-corrected chi connectivity index (χ0v) is 17.0. The maximum atomic E-state index is 12.8. The van der Waals surface area contributed by atoms with E-state index in [4.69, 9.17) is 0 Å². The zero-order valence-electron chi connectivity index (χ0n) is 15.4. The normalized spacial score (nSPS) is 11.0. The van der Waals surface area contributed by atoms with Gasteiger partial charge in [-0.25, -0.2) is 9.67 Å². The number of allylic oxidation sites excluding steroid dienone is 1. The fourth-order valence-electron chi connectivity index (χ4n) is 2.94. The van der Waals surface area contributed by atoms with Crippen LogP contribution < -0.4 is 10.9 Å². The fourth-order valence-corrected chi connectivity index (χ4v) is 3.34. The second kappa shape index (κ2) is 7.48. The molecule has 0 bridgehead atoms. The number of hydrogen-bond acceptors (Lipinski definition) is 4. The van der Waals surface area contributed by atoms with Crippen molar-refractivity contribution < 1.29 is 4.79 Å². The van der Waals surface area contributed by atoms with Crippen molar-refractivity contribution >= 4 is 32.9 Å². The Hall–Kier alpha value is -2.74. The molecule has 0 aliphatic rings. The van der Waals surface area contributed by atoms with E-state index in [0.717, 1.165) is 16.8 Å². The van der Waals surface area contributed by atoms with Crippen LogP contribution in [0.1, 0.15) is 34.1 Å². The van der Waals surface area contributed by atoms with Gasteiger partial charge in [0.05, 0.1) is 23.7 Å². The SMILES string of the molecule is C=C(C)Cn1ncc2c(C(=O)NCc3c(C)cc(C)[nH]c3=O)cc(Br)nc21. The molecule has 8 heteroatoms. The van der Waals surface area contributed by atoms with Crippen LogP contribution in [0.3, 0.4) is 0 Å². The maximum absolute atomic E-state index is 12.8. The van der Waals surface area contributed by atoms with Crippen LogP contribution in [-0.2, 0) is 13.1 Å². The highest BCUT2D eigenvalue weighted by molar-refractivity contribution is 9.10. The fraction of sp³-hybridized carbons (Fsp3) is 0.263. The van der Waals surface area contributed by atoms with Crippen LogP contribution in [0.25, 0.3) is 11.0 Å². The highest BCUT2D eigenvalue weighted by Crippen LogP contribution is 2.22. The molecule has 0 aliphatic heterocycles. The van der Waals surface area contributed by atoms with Gasteiger partial charge in [-0.2, -0.15) is 5.10 Å². The van der Waals surface area contributed by atoms with Crippen LogP contribution in [0, 0.1) is 13.8 Å². The summed E-state index contributed by atoms with van der Waals surface area (Å²) in [5.74, 6) is -0.294. The van der Waals surface area contributed by atoms with Gasteiger partial charge in [-0.3, -0.25) is 9.59 Å². The van der Waals surface area contributed by atoms with Crippen LogP contribution >= 0.6 is 15.9 Å². The van der Waals surface area contributed by atoms with Crippen LogP contribution in [0.5, 0.6) is 0 Å². The monoisotopic (exact) mass is 429 g/mol. The third kappa shape index (κ3) is 4.00. The summed E-state index contributed by atoms with van der Waals surface area (Å²) in [5.41, 5.74) is 3.95. The second-order valence-electron chi connectivity index (χ2n) is 6.61. The summed E-state index contributed by atoms with van der Waals surface area (Å²) in [7, 11) is 0. The van der Waals surface area contributed by atoms with Crippen molar-refractivity contribution in [3.05, 3.63) is 67.8 Å². The minimum atomic E-state index is -0.294. The predicted molar refractivity (Wildman–Crippen MR) is 108 cm³/mol. The molecule has 3 heterocycles. The minimum Gasteiger partial charge on any atom is -0.348 e. The Labute approximate surface area is 164 Å². The van der Waals surface area contributed by atoms with Gasteiger partial charge in [0.15, 0.2) is 5.65 Å². The number of rotatable bonds is 5. The molecule has 3 aromatic heterocycles. The van der Waals surface area contributed by atoms with Gasteiger partial charge in [-0.1, -0.05) is 12.2 Å². The van der Waals surface area contributed by atoms with E-state index in [1.165, 1.54) is 0 Å². The molecule has 0 atom stereocenters. The largest absolute Gasteiger partial charge is 0.348 e. The Bertz CT molecular complexity index is 1110. The summed E-state index contributed by atoms with van der Waals surface area (Å²) in [6.07, 6.45) is 1.62. The lowest BCUT2D eigenvalue weighted by atomic mass is 10.1. The number of carbonyl (C=O) groups excluding carboxylic acids is 1. The molecule has 7 nitrogen and oxygen atoms in total. The first kappa shape index (κ1) is 19.0. The van der Waals surface area contributed by atoms with Crippen molar-refractivity contribution in [2.24, 2.45) is 0 Å². The number of carbonyl (C=O) groups is 1. The van der Waals surface area contributed by atoms with Gasteiger partial charge in [0.1, 0.15) is 4.60 Å². The number of pyridine rings is 2. The Morgan fingerprint density at radius 3 is 2.78 bits per heavy atom. The van der Waals surface area contributed by atoms with E-state index in [1.54, 1.807) is 16.9 Å². The molecule has 0 aromatic carbocycles. The van der Waals surface area contributed by atoms with E-state index in [1.807, 2.05) is 26.8 Å². The summed E-state index contributed by atoms with van der Waals surface area (Å²) < 4.78 is 2.24. The lowest BCUT2D eigenvalue weighted by Gasteiger charge is -2.09. The van der Waals surface area contributed by atoms with Crippen LogP contribution in [-0.4, -0.2) is 25.7 Å². The first-order valence-electron chi connectivity index (χ1n) is 8.40. The lowest BCUT2D eigenvalue weighted by molar-refractivity contribution is 0.0952. The molecule has 3 rings (SSSR count). The third-order valence-corrected chi connectivity index (χ3v) is 4.57. The van der Waals surface area contributed by atoms with E-state index in [0.29, 0.717) is 33.3 Å². The van der Waals surface area contributed by atoms with E-state index < -0.39 is 0 Å². The summed E-state index contributed by atoms with van der Waals surface area (Å²) >= 11 is 3.35. The third-order valence-electron chi connectivity index (χ3n) is 4.16. The molecule has 0 fully saturated rings. The van der Waals surface area contributed by atoms with E-state index in [2.05, 4.69) is 42.9 Å². The first-order valence-corrected chi connectivity index (χ1v) is 9.19. The molecule has 0 saturated heterocycles. The number of nitrogens with zero attached hydrogens (tertiary/aromatic N) is 3. The highest BCUT2D eigenvalue weighted by Gasteiger charge is 2.17. The number of aryl methyl sites for hydroxylation is 2. The average molecular weight is 430 g/mol. The van der Waals surface area contributed by atoms with E-state index in [9.17, 15) is 9.59 Å². The smallest absolute Gasteiger partial charge is 0.253 e. The number of hydrogen-bond donors (Lipinski definition) is 2. The van der Waals surface area contributed by atoms with E-state index in [-0.39, 0.29) is 18.0 Å². The number of aromatic amines is 1. The molecule has 0 radical (unpaired) electrons. The Morgan fingerprint density at radius 2 is 2.11 bits per heavy atom. The number of nitrogens with one attached hydrogen (secondary N) is 2. The molecule has 3 aromatic rings. The molecular weight excluding hydrogens is 410 g/mol. The van der Waals surface area contributed by atoms with Gasteiger partial charge in [-0.05, 0) is 54.4 Å². The van der Waals surface area contributed by atoms with Gasteiger partial charge < -0.3 is 10.3 Å². The Morgan fingerprint density at radius 1 is 1.37 bits per heavy atom. The molecule has 1 amide bonds. The quantitative estimate of drug-likeness (QED) is 0.481. The van der Waals surface area contributed by atoms with Crippen molar-refractivity contribution in [2.75, 3.05) is 0 Å². The topological polar surface area (TPSA) is 92.7 Å². The molecule has 0 aliphatic carbocycles. The van der Waals surface area contributed by atoms with Gasteiger partial charge >= 0.3 is 0 Å². The number of amides is 1. The van der Waals surface area contributed by atoms with E-state index >= 15 is 0 Å². The van der Waals surface area contributed by atoms with Crippen molar-refractivity contribution in [3.63, 3.8) is 0 Å². The number of aromatic nitrogens is 4. The molecule has 140 valence electrons. The molecule has 0 unspecified atom stereocenters. The Balaban J connectivity index is 1.91. The molecular formula is C19H20BrN5O2. The van der Waals surface area contributed by atoms with Crippen LogP contribution in [0.2, 0.25) is 0 Å². The summed E-state index contributed by atoms with van der Waals surface area (Å²) in [6.45, 7) is 10.1. The highest BCUT2D eigenvalue weighted by atomic mass is 79.9. The molecule has 2 N–H and O–H groups in total. The first-order chi connectivity index (χ1) is 12.8. The molecule has 0 spiro atoms. The van der Waals surface area contributed by atoms with Crippen molar-refractivity contribution in [1.29, 1.82) is 0 Å².